The molecular weight excluding hydrogens is 508 g/mol. The van der Waals surface area contributed by atoms with Gasteiger partial charge in [0.25, 0.3) is 0 Å². The monoisotopic (exact) mass is 548 g/mol. The molecule has 212 valence electrons. The van der Waals surface area contributed by atoms with Crippen molar-refractivity contribution >= 4 is 11.8 Å². The van der Waals surface area contributed by atoms with Gasteiger partial charge in [-0.2, -0.15) is 0 Å². The molecule has 2 aliphatic carbocycles. The Bertz CT molecular complexity index is 1470. The lowest BCUT2D eigenvalue weighted by Gasteiger charge is -2.39. The minimum absolute atomic E-state index is 0.0393. The van der Waals surface area contributed by atoms with Crippen LogP contribution < -0.4 is 21.7 Å². The first-order chi connectivity index (χ1) is 20.0. The maximum Gasteiger partial charge on any atom is 0.237 e. The zero-order valence-electron chi connectivity index (χ0n) is 23.6. The summed E-state index contributed by atoms with van der Waals surface area (Å²) in [6.45, 7) is 0.784. The number of benzene rings is 3. The lowest BCUT2D eigenvalue weighted by Crippen LogP contribution is -2.49. The van der Waals surface area contributed by atoms with Gasteiger partial charge in [-0.15, -0.1) is 0 Å². The molecule has 2 aliphatic heterocycles. The van der Waals surface area contributed by atoms with E-state index in [9.17, 15) is 9.59 Å². The Morgan fingerprint density at radius 3 is 2.34 bits per heavy atom. The number of primary amides is 1. The molecule has 0 radical (unpaired) electrons. The Hall–Kier alpha value is -3.48. The van der Waals surface area contributed by atoms with Crippen LogP contribution in [0.25, 0.3) is 0 Å². The number of nitrogens with two attached hydrogens (primary N) is 1. The number of nitrogens with one attached hydrogen (secondary N) is 3. The van der Waals surface area contributed by atoms with Crippen LogP contribution in [0.2, 0.25) is 0 Å². The first-order valence-electron chi connectivity index (χ1n) is 15.4. The predicted octanol–water partition coefficient (Wildman–Crippen LogP) is 4.49. The summed E-state index contributed by atoms with van der Waals surface area (Å²) >= 11 is 0. The molecule has 41 heavy (non-hydrogen) atoms. The first kappa shape index (κ1) is 26.4. The number of aryl methyl sites for hydroxylation is 2. The highest BCUT2D eigenvalue weighted by atomic mass is 16.2. The normalized spacial score (nSPS) is 28.7. The number of hydrogen-bond donors (Lipinski definition) is 4. The third-order valence-electron chi connectivity index (χ3n) is 10.1. The Morgan fingerprint density at radius 1 is 0.805 bits per heavy atom. The highest BCUT2D eigenvalue weighted by Crippen LogP contribution is 2.44. The Morgan fingerprint density at radius 2 is 1.54 bits per heavy atom. The van der Waals surface area contributed by atoms with Crippen LogP contribution >= 0.6 is 0 Å². The largest absolute Gasteiger partial charge is 0.368 e. The molecule has 0 saturated carbocycles. The van der Waals surface area contributed by atoms with Crippen molar-refractivity contribution in [3.05, 3.63) is 106 Å². The Balaban J connectivity index is 1.11. The average Bonchev–Trinajstić information content (AvgIpc) is 3.51. The van der Waals surface area contributed by atoms with Crippen LogP contribution in [0.15, 0.2) is 66.7 Å². The molecule has 2 amide bonds. The van der Waals surface area contributed by atoms with E-state index in [2.05, 4.69) is 82.7 Å². The van der Waals surface area contributed by atoms with Gasteiger partial charge < -0.3 is 16.4 Å². The van der Waals surface area contributed by atoms with Crippen LogP contribution in [0.3, 0.4) is 0 Å². The molecule has 6 nitrogen and oxygen atoms in total. The molecule has 2 unspecified atom stereocenters. The summed E-state index contributed by atoms with van der Waals surface area (Å²) in [6.07, 6.45) is 7.93. The van der Waals surface area contributed by atoms with Crippen molar-refractivity contribution in [3.63, 3.8) is 0 Å². The second-order valence-corrected chi connectivity index (χ2v) is 12.5. The number of fused-ring (bicyclic) bond motifs is 3. The van der Waals surface area contributed by atoms with E-state index >= 15 is 0 Å². The van der Waals surface area contributed by atoms with Gasteiger partial charge in [0.2, 0.25) is 11.8 Å². The molecule has 1 fully saturated rings. The highest BCUT2D eigenvalue weighted by molar-refractivity contribution is 5.83. The van der Waals surface area contributed by atoms with Crippen LogP contribution in [0, 0.1) is 0 Å². The number of carbonyl (C=O) groups is 2. The van der Waals surface area contributed by atoms with Gasteiger partial charge in [-0.05, 0) is 96.2 Å². The predicted molar refractivity (Wildman–Crippen MR) is 161 cm³/mol. The zero-order chi connectivity index (χ0) is 27.9. The first-order valence-corrected chi connectivity index (χ1v) is 15.4. The van der Waals surface area contributed by atoms with Gasteiger partial charge in [0.1, 0.15) is 0 Å². The molecule has 4 aliphatic rings. The van der Waals surface area contributed by atoms with Gasteiger partial charge in [0.05, 0.1) is 18.1 Å². The van der Waals surface area contributed by atoms with Gasteiger partial charge >= 0.3 is 0 Å². The summed E-state index contributed by atoms with van der Waals surface area (Å²) in [4.78, 5) is 25.7. The quantitative estimate of drug-likeness (QED) is 0.378. The van der Waals surface area contributed by atoms with Crippen LogP contribution in [0.4, 0.5) is 0 Å². The fourth-order valence-corrected chi connectivity index (χ4v) is 7.95. The second-order valence-electron chi connectivity index (χ2n) is 12.5. The van der Waals surface area contributed by atoms with Crippen LogP contribution in [-0.2, 0) is 28.9 Å². The van der Waals surface area contributed by atoms with Gasteiger partial charge in [0, 0.05) is 18.5 Å². The number of rotatable bonds is 5. The summed E-state index contributed by atoms with van der Waals surface area (Å²) in [6, 6.07) is 23.6. The van der Waals surface area contributed by atoms with Crippen molar-refractivity contribution < 1.29 is 9.59 Å². The smallest absolute Gasteiger partial charge is 0.237 e. The molecule has 5 N–H and O–H groups in total. The topological polar surface area (TPSA) is 96.2 Å². The molecule has 6 heteroatoms. The van der Waals surface area contributed by atoms with Crippen molar-refractivity contribution in [1.29, 1.82) is 0 Å². The average molecular weight is 549 g/mol. The van der Waals surface area contributed by atoms with Gasteiger partial charge in [-0.3, -0.25) is 14.9 Å². The molecule has 3 aromatic rings. The third kappa shape index (κ3) is 5.08. The summed E-state index contributed by atoms with van der Waals surface area (Å²) in [7, 11) is 0. The van der Waals surface area contributed by atoms with E-state index in [1.807, 2.05) is 0 Å². The van der Waals surface area contributed by atoms with Gasteiger partial charge in [-0.25, -0.2) is 0 Å². The molecule has 6 atom stereocenters. The van der Waals surface area contributed by atoms with Crippen molar-refractivity contribution in [3.8, 4) is 0 Å². The standard InChI is InChI=1S/C35H40N4O2/c36-34(40)31-18-24-16-15-23(17-29(24)33(38-31)28-13-5-9-21-7-1-3-11-26(21)28)25-19-32(37-20-25)35(41)39-30-14-6-10-22-8-2-4-12-27(22)30/h1-4,7-8,11-12,15-17,25,28,30-33,37-38H,5-6,9-10,13-14,18-20H2,(H2,36,40)(H,39,41)/t25-,28+,30+,31?,32-,33?/m0/s1. The molecule has 1 saturated heterocycles. The van der Waals surface area contributed by atoms with Gasteiger partial charge in [-0.1, -0.05) is 66.7 Å². The highest BCUT2D eigenvalue weighted by Gasteiger charge is 2.38. The molecule has 7 rings (SSSR count). The van der Waals surface area contributed by atoms with E-state index in [1.54, 1.807) is 0 Å². The maximum atomic E-state index is 13.4. The molecule has 0 spiro atoms. The molecule has 0 bridgehead atoms. The van der Waals surface area contributed by atoms with E-state index in [-0.39, 0.29) is 41.9 Å². The van der Waals surface area contributed by atoms with E-state index in [4.69, 9.17) is 5.73 Å². The van der Waals surface area contributed by atoms with Crippen molar-refractivity contribution in [2.24, 2.45) is 5.73 Å². The Kier molecular flexibility index (Phi) is 7.13. The summed E-state index contributed by atoms with van der Waals surface area (Å²) in [5.74, 6) is 0.385. The third-order valence-corrected chi connectivity index (χ3v) is 10.1. The molecule has 0 aromatic heterocycles. The minimum Gasteiger partial charge on any atom is -0.368 e. The molecule has 2 heterocycles. The SMILES string of the molecule is NC(=O)C1Cc2ccc([C@@H]3CN[C@H](C(=O)N[C@@H]4CCCc5ccccc54)C3)cc2C([C@@H]2CCCc3ccccc32)N1. The van der Waals surface area contributed by atoms with Crippen molar-refractivity contribution in [2.45, 2.75) is 87.4 Å². The lowest BCUT2D eigenvalue weighted by atomic mass is 9.73. The van der Waals surface area contributed by atoms with E-state index < -0.39 is 0 Å². The molecule has 3 aromatic carbocycles. The molecular formula is C35H40N4O2. The number of hydrogen-bond acceptors (Lipinski definition) is 4. The van der Waals surface area contributed by atoms with E-state index in [0.717, 1.165) is 51.5 Å². The fourth-order valence-electron chi connectivity index (χ4n) is 7.95. The van der Waals surface area contributed by atoms with Crippen molar-refractivity contribution in [1.82, 2.24) is 16.0 Å². The number of amides is 2. The Labute approximate surface area is 242 Å². The lowest BCUT2D eigenvalue weighted by molar-refractivity contribution is -0.123. The summed E-state index contributed by atoms with van der Waals surface area (Å²) in [5.41, 5.74) is 15.0. The fraction of sp³-hybridized carbons (Fsp3) is 0.429. The van der Waals surface area contributed by atoms with Crippen molar-refractivity contribution in [2.75, 3.05) is 6.54 Å². The van der Waals surface area contributed by atoms with Crippen LogP contribution in [0.1, 0.15) is 95.0 Å². The van der Waals surface area contributed by atoms with Crippen LogP contribution in [0.5, 0.6) is 0 Å². The second kappa shape index (κ2) is 11.1. The van der Waals surface area contributed by atoms with Crippen LogP contribution in [-0.4, -0.2) is 30.4 Å². The van der Waals surface area contributed by atoms with Gasteiger partial charge in [0.15, 0.2) is 0 Å². The number of carbonyl (C=O) groups excluding carboxylic acids is 2. The summed E-state index contributed by atoms with van der Waals surface area (Å²) in [5, 5.41) is 10.5. The zero-order valence-corrected chi connectivity index (χ0v) is 23.6. The summed E-state index contributed by atoms with van der Waals surface area (Å²) < 4.78 is 0. The van der Waals surface area contributed by atoms with E-state index in [0.29, 0.717) is 12.3 Å². The minimum atomic E-state index is -0.362. The maximum absolute atomic E-state index is 13.4. The van der Waals surface area contributed by atoms with E-state index in [1.165, 1.54) is 38.9 Å².